The number of carboxylic acid groups (broad SMARTS) is 1. The Morgan fingerprint density at radius 2 is 2.36 bits per heavy atom. The highest BCUT2D eigenvalue weighted by Gasteiger charge is 2.31. The normalized spacial score (nSPS) is 38.5. The Labute approximate surface area is 64.6 Å². The Morgan fingerprint density at radius 3 is 2.82 bits per heavy atom. The Balaban J connectivity index is 2.58. The highest BCUT2D eigenvalue weighted by molar-refractivity contribution is 5.72. The van der Waals surface area contributed by atoms with Crippen molar-refractivity contribution in [3.8, 4) is 0 Å². The molecule has 0 aromatic carbocycles. The van der Waals surface area contributed by atoms with Crippen molar-refractivity contribution in [1.82, 2.24) is 5.32 Å². The van der Waals surface area contributed by atoms with Gasteiger partial charge in [-0.25, -0.2) is 4.79 Å². The van der Waals surface area contributed by atoms with E-state index >= 15 is 0 Å². The van der Waals surface area contributed by atoms with Crippen molar-refractivity contribution in [3.05, 3.63) is 5.21 Å². The van der Waals surface area contributed by atoms with E-state index in [1.165, 1.54) is 0 Å². The van der Waals surface area contributed by atoms with Crippen LogP contribution in [0.2, 0.25) is 0 Å². The summed E-state index contributed by atoms with van der Waals surface area (Å²) in [6.07, 6.45) is 0. The lowest BCUT2D eigenvalue weighted by Gasteiger charge is -2.38. The molecule has 1 heterocycles. The zero-order valence-corrected chi connectivity index (χ0v) is 6.33. The summed E-state index contributed by atoms with van der Waals surface area (Å²) in [4.78, 5) is 10.4. The number of nitrogens with one attached hydrogen (secondary N) is 2. The maximum Gasteiger partial charge on any atom is 0.364 e. The van der Waals surface area contributed by atoms with Gasteiger partial charge in [0.05, 0.1) is 12.6 Å². The number of aliphatic carboxylic acids is 1. The molecule has 0 aromatic heterocycles. The first-order valence-corrected chi connectivity index (χ1v) is 3.60. The van der Waals surface area contributed by atoms with Gasteiger partial charge < -0.3 is 20.7 Å². The average Bonchev–Trinajstić information content (AvgIpc) is 1.94. The zero-order valence-electron chi connectivity index (χ0n) is 6.33. The molecule has 5 nitrogen and oxygen atoms in total. The van der Waals surface area contributed by atoms with E-state index in [0.717, 1.165) is 0 Å². The Bertz CT molecular complexity index is 162. The second-order valence-electron chi connectivity index (χ2n) is 2.85. The Hall–Kier alpha value is -0.650. The lowest BCUT2D eigenvalue weighted by atomic mass is 10.1. The second-order valence-corrected chi connectivity index (χ2v) is 2.85. The average molecular weight is 160 g/mol. The van der Waals surface area contributed by atoms with Crippen LogP contribution >= 0.6 is 0 Å². The molecule has 0 bridgehead atoms. The quantitative estimate of drug-likeness (QED) is 0.381. The fourth-order valence-electron chi connectivity index (χ4n) is 1.20. The Kier molecular flexibility index (Phi) is 2.43. The van der Waals surface area contributed by atoms with Crippen molar-refractivity contribution in [2.75, 3.05) is 13.1 Å². The van der Waals surface area contributed by atoms with Gasteiger partial charge in [-0.05, 0) is 6.92 Å². The first-order valence-electron chi connectivity index (χ1n) is 3.60. The fourth-order valence-corrected chi connectivity index (χ4v) is 1.20. The number of carbonyl (C=O) groups is 1. The van der Waals surface area contributed by atoms with Gasteiger partial charge in [-0.2, -0.15) is 0 Å². The van der Waals surface area contributed by atoms with Crippen LogP contribution in [0.5, 0.6) is 0 Å². The van der Waals surface area contributed by atoms with Gasteiger partial charge in [-0.1, -0.05) is 0 Å². The molecule has 0 radical (unpaired) electrons. The van der Waals surface area contributed by atoms with Crippen molar-refractivity contribution in [2.24, 2.45) is 0 Å². The van der Waals surface area contributed by atoms with E-state index in [1.54, 1.807) is 6.92 Å². The van der Waals surface area contributed by atoms with E-state index in [-0.39, 0.29) is 17.6 Å². The summed E-state index contributed by atoms with van der Waals surface area (Å²) >= 11 is 0. The molecule has 3 unspecified atom stereocenters. The summed E-state index contributed by atoms with van der Waals surface area (Å²) < 4.78 is 0. The van der Waals surface area contributed by atoms with Crippen LogP contribution in [0.1, 0.15) is 6.92 Å². The highest BCUT2D eigenvalue weighted by atomic mass is 16.5. The first kappa shape index (κ1) is 8.45. The number of rotatable bonds is 1. The molecule has 3 N–H and O–H groups in total. The van der Waals surface area contributed by atoms with Gasteiger partial charge in [-0.3, -0.25) is 0 Å². The van der Waals surface area contributed by atoms with Crippen LogP contribution in [0.3, 0.4) is 0 Å². The van der Waals surface area contributed by atoms with Crippen molar-refractivity contribution in [1.29, 1.82) is 0 Å². The van der Waals surface area contributed by atoms with E-state index in [9.17, 15) is 10.0 Å². The lowest BCUT2D eigenvalue weighted by molar-refractivity contribution is -0.893. The molecule has 1 aliphatic heterocycles. The van der Waals surface area contributed by atoms with Crippen LogP contribution in [0, 0.1) is 5.21 Å². The predicted molar refractivity (Wildman–Crippen MR) is 38.1 cm³/mol. The van der Waals surface area contributed by atoms with Gasteiger partial charge in [0.2, 0.25) is 0 Å². The third-order valence-electron chi connectivity index (χ3n) is 1.93. The van der Waals surface area contributed by atoms with Gasteiger partial charge in [-0.15, -0.1) is 0 Å². The summed E-state index contributed by atoms with van der Waals surface area (Å²) in [7, 11) is 0. The maximum absolute atomic E-state index is 11.1. The number of carboxylic acids is 1. The lowest BCUT2D eigenvalue weighted by Crippen LogP contribution is -3.19. The third-order valence-corrected chi connectivity index (χ3v) is 1.93. The predicted octanol–water partition coefficient (Wildman–Crippen LogP) is -2.19. The number of hydroxylamine groups is 2. The Morgan fingerprint density at radius 1 is 1.73 bits per heavy atom. The van der Waals surface area contributed by atoms with Crippen LogP contribution in [-0.4, -0.2) is 36.2 Å². The highest BCUT2D eigenvalue weighted by Crippen LogP contribution is 1.86. The largest absolute Gasteiger partial charge is 0.633 e. The number of quaternary nitrogens is 1. The standard InChI is InChI=1S/C6H12N2O3/c1-4-2-7-3-5(6(9)10)8(4)11/h4-5,7-8H,2-3H2,1H3,(H,9,10). The summed E-state index contributed by atoms with van der Waals surface area (Å²) in [5.41, 5.74) is 0. The number of hydrogen-bond acceptors (Lipinski definition) is 3. The van der Waals surface area contributed by atoms with E-state index in [0.29, 0.717) is 6.54 Å². The van der Waals surface area contributed by atoms with E-state index in [2.05, 4.69) is 5.32 Å². The molecule has 0 spiro atoms. The third kappa shape index (κ3) is 1.68. The SMILES string of the molecule is CC1CNCC(C(=O)O)[NH+]1[O-]. The van der Waals surface area contributed by atoms with E-state index in [4.69, 9.17) is 5.11 Å². The summed E-state index contributed by atoms with van der Waals surface area (Å²) in [6, 6.07) is -0.997. The van der Waals surface area contributed by atoms with Crippen molar-refractivity contribution in [2.45, 2.75) is 19.0 Å². The molecule has 1 saturated heterocycles. The van der Waals surface area contributed by atoms with Crippen molar-refractivity contribution < 1.29 is 15.0 Å². The summed E-state index contributed by atoms with van der Waals surface area (Å²) in [5, 5.41) is 22.4. The minimum absolute atomic E-state index is 0.156. The van der Waals surface area contributed by atoms with Crippen molar-refractivity contribution >= 4 is 5.97 Å². The smallest absolute Gasteiger partial charge is 0.364 e. The summed E-state index contributed by atoms with van der Waals surface area (Å²) in [6.45, 7) is 2.62. The molecule has 3 atom stereocenters. The van der Waals surface area contributed by atoms with Gasteiger partial charge in [0.1, 0.15) is 0 Å². The van der Waals surface area contributed by atoms with Gasteiger partial charge in [0.25, 0.3) is 0 Å². The molecule has 0 aliphatic carbocycles. The molecule has 11 heavy (non-hydrogen) atoms. The minimum Gasteiger partial charge on any atom is -0.633 e. The first-order chi connectivity index (χ1) is 5.13. The van der Waals surface area contributed by atoms with Crippen LogP contribution in [0.4, 0.5) is 0 Å². The maximum atomic E-state index is 11.1. The van der Waals surface area contributed by atoms with Crippen LogP contribution in [-0.2, 0) is 4.79 Å². The van der Waals surface area contributed by atoms with Crippen LogP contribution in [0.25, 0.3) is 0 Å². The molecule has 64 valence electrons. The summed E-state index contributed by atoms with van der Waals surface area (Å²) in [5.74, 6) is -1.02. The molecular weight excluding hydrogens is 148 g/mol. The van der Waals surface area contributed by atoms with Crippen LogP contribution in [0.15, 0.2) is 0 Å². The fraction of sp³-hybridized carbons (Fsp3) is 0.833. The molecule has 1 aliphatic rings. The molecular formula is C6H12N2O3. The van der Waals surface area contributed by atoms with Gasteiger partial charge in [0, 0.05) is 6.54 Å². The molecule has 0 aromatic rings. The number of hydrogen-bond donors (Lipinski definition) is 3. The molecule has 1 fully saturated rings. The van der Waals surface area contributed by atoms with Crippen molar-refractivity contribution in [3.63, 3.8) is 0 Å². The number of piperazine rings is 1. The molecule has 5 heteroatoms. The molecule has 1 rings (SSSR count). The topological polar surface area (TPSA) is 76.8 Å². The van der Waals surface area contributed by atoms with Crippen LogP contribution < -0.4 is 10.4 Å². The van der Waals surface area contributed by atoms with E-state index < -0.39 is 12.0 Å². The van der Waals surface area contributed by atoms with Gasteiger partial charge >= 0.3 is 5.97 Å². The van der Waals surface area contributed by atoms with E-state index in [1.807, 2.05) is 0 Å². The monoisotopic (exact) mass is 160 g/mol. The minimum atomic E-state index is -1.02. The zero-order chi connectivity index (χ0) is 8.43. The second kappa shape index (κ2) is 3.17. The molecule has 0 amide bonds. The van der Waals surface area contributed by atoms with Gasteiger partial charge in [0.15, 0.2) is 6.04 Å². The molecule has 0 saturated carbocycles.